The summed E-state index contributed by atoms with van der Waals surface area (Å²) in [6, 6.07) is 4.55. The minimum absolute atomic E-state index is 0.0396. The molecule has 0 saturated carbocycles. The van der Waals surface area contributed by atoms with Crippen LogP contribution in [-0.4, -0.2) is 45.6 Å². The highest BCUT2D eigenvalue weighted by Gasteiger charge is 2.26. The molecular formula is C22H24FN5O2. The van der Waals surface area contributed by atoms with Gasteiger partial charge in [0.15, 0.2) is 5.58 Å². The van der Waals surface area contributed by atoms with Crippen LogP contribution >= 0.6 is 0 Å². The lowest BCUT2D eigenvalue weighted by molar-refractivity contribution is -0.117. The Bertz CT molecular complexity index is 1070. The van der Waals surface area contributed by atoms with E-state index in [9.17, 15) is 9.18 Å². The number of piperidine rings is 1. The zero-order chi connectivity index (χ0) is 20.5. The van der Waals surface area contributed by atoms with Gasteiger partial charge in [0.05, 0.1) is 12.2 Å². The molecule has 30 heavy (non-hydrogen) atoms. The Morgan fingerprint density at radius 3 is 2.90 bits per heavy atom. The fourth-order valence-corrected chi connectivity index (χ4v) is 4.59. The van der Waals surface area contributed by atoms with Crippen LogP contribution in [0.1, 0.15) is 48.6 Å². The van der Waals surface area contributed by atoms with Crippen molar-refractivity contribution in [1.82, 2.24) is 20.0 Å². The standard InChI is InChI=1S/C22H24FN5O2/c23-15-5-6-17-19(11-15)30-27-21(17)14-7-9-28(10-8-14)12-20(29)26-22-16-3-1-2-4-18(16)24-13-25-22/h5-6,11,13-14H,1-4,7-10,12H2,(H,24,25,26,29). The van der Waals surface area contributed by atoms with Crippen molar-refractivity contribution in [2.45, 2.75) is 44.4 Å². The van der Waals surface area contributed by atoms with Crippen molar-refractivity contribution in [1.29, 1.82) is 0 Å². The van der Waals surface area contributed by atoms with Crippen molar-refractivity contribution in [3.05, 3.63) is 47.3 Å². The highest BCUT2D eigenvalue weighted by atomic mass is 19.1. The average Bonchev–Trinajstić information content (AvgIpc) is 3.17. The molecule has 8 heteroatoms. The molecule has 1 saturated heterocycles. The molecule has 156 valence electrons. The maximum Gasteiger partial charge on any atom is 0.239 e. The molecule has 0 spiro atoms. The molecule has 1 amide bonds. The predicted molar refractivity (Wildman–Crippen MR) is 110 cm³/mol. The maximum absolute atomic E-state index is 13.4. The van der Waals surface area contributed by atoms with Gasteiger partial charge in [0.2, 0.25) is 5.91 Å². The number of rotatable bonds is 4. The zero-order valence-electron chi connectivity index (χ0n) is 16.7. The number of amides is 1. The third kappa shape index (κ3) is 3.79. The van der Waals surface area contributed by atoms with Crippen LogP contribution in [0.3, 0.4) is 0 Å². The molecule has 1 N–H and O–H groups in total. The van der Waals surface area contributed by atoms with E-state index in [-0.39, 0.29) is 17.6 Å². The van der Waals surface area contributed by atoms with E-state index in [1.807, 2.05) is 0 Å². The maximum atomic E-state index is 13.4. The first-order valence-corrected chi connectivity index (χ1v) is 10.6. The molecule has 5 rings (SSSR count). The van der Waals surface area contributed by atoms with Crippen LogP contribution in [0.15, 0.2) is 29.0 Å². The van der Waals surface area contributed by atoms with Crippen molar-refractivity contribution in [3.63, 3.8) is 0 Å². The van der Waals surface area contributed by atoms with Gasteiger partial charge in [0, 0.05) is 28.6 Å². The second-order valence-electron chi connectivity index (χ2n) is 8.16. The minimum atomic E-state index is -0.323. The van der Waals surface area contributed by atoms with Gasteiger partial charge in [0.25, 0.3) is 0 Å². The first-order valence-electron chi connectivity index (χ1n) is 10.6. The van der Waals surface area contributed by atoms with Crippen LogP contribution in [0.4, 0.5) is 10.2 Å². The smallest absolute Gasteiger partial charge is 0.239 e. The summed E-state index contributed by atoms with van der Waals surface area (Å²) in [7, 11) is 0. The third-order valence-electron chi connectivity index (χ3n) is 6.19. The third-order valence-corrected chi connectivity index (χ3v) is 6.19. The summed E-state index contributed by atoms with van der Waals surface area (Å²) in [5.41, 5.74) is 3.53. The molecule has 1 aromatic carbocycles. The van der Waals surface area contributed by atoms with E-state index in [0.717, 1.165) is 74.0 Å². The Kier molecular flexibility index (Phi) is 5.16. The molecule has 0 radical (unpaired) electrons. The van der Waals surface area contributed by atoms with E-state index in [1.54, 1.807) is 12.4 Å². The lowest BCUT2D eigenvalue weighted by Gasteiger charge is -2.30. The molecule has 3 heterocycles. The number of aryl methyl sites for hydroxylation is 1. The van der Waals surface area contributed by atoms with E-state index in [4.69, 9.17) is 4.52 Å². The number of benzene rings is 1. The number of hydrogen-bond acceptors (Lipinski definition) is 6. The van der Waals surface area contributed by atoms with E-state index < -0.39 is 0 Å². The van der Waals surface area contributed by atoms with Gasteiger partial charge in [-0.25, -0.2) is 14.4 Å². The lowest BCUT2D eigenvalue weighted by Crippen LogP contribution is -2.39. The van der Waals surface area contributed by atoms with Crippen LogP contribution < -0.4 is 5.32 Å². The van der Waals surface area contributed by atoms with Gasteiger partial charge in [-0.15, -0.1) is 0 Å². The Hall–Kier alpha value is -2.87. The number of carbonyl (C=O) groups is 1. The zero-order valence-corrected chi connectivity index (χ0v) is 16.7. The number of carbonyl (C=O) groups excluding carboxylic acids is 1. The molecule has 1 aliphatic carbocycles. The first-order chi connectivity index (χ1) is 14.7. The summed E-state index contributed by atoms with van der Waals surface area (Å²) in [4.78, 5) is 23.4. The molecule has 1 aliphatic heterocycles. The number of halogens is 1. The van der Waals surface area contributed by atoms with Crippen molar-refractivity contribution < 1.29 is 13.7 Å². The Morgan fingerprint density at radius 2 is 2.03 bits per heavy atom. The summed E-state index contributed by atoms with van der Waals surface area (Å²) < 4.78 is 18.7. The number of anilines is 1. The number of hydrogen-bond donors (Lipinski definition) is 1. The monoisotopic (exact) mass is 409 g/mol. The van der Waals surface area contributed by atoms with Gasteiger partial charge in [-0.3, -0.25) is 9.69 Å². The lowest BCUT2D eigenvalue weighted by atomic mass is 9.91. The fourth-order valence-electron chi connectivity index (χ4n) is 4.59. The Morgan fingerprint density at radius 1 is 1.20 bits per heavy atom. The summed E-state index contributed by atoms with van der Waals surface area (Å²) in [6.45, 7) is 1.95. The van der Waals surface area contributed by atoms with Crippen LogP contribution in [0.25, 0.3) is 11.0 Å². The predicted octanol–water partition coefficient (Wildman–Crippen LogP) is 3.45. The largest absolute Gasteiger partial charge is 0.356 e. The number of nitrogens with one attached hydrogen (secondary N) is 1. The summed E-state index contributed by atoms with van der Waals surface area (Å²) in [5.74, 6) is 0.559. The normalized spacial score (nSPS) is 17.8. The number of fused-ring (bicyclic) bond motifs is 2. The van der Waals surface area contributed by atoms with Gasteiger partial charge in [0.1, 0.15) is 18.0 Å². The molecule has 0 unspecified atom stereocenters. The molecule has 2 aromatic heterocycles. The molecule has 1 fully saturated rings. The van der Waals surface area contributed by atoms with Crippen molar-refractivity contribution in [3.8, 4) is 0 Å². The highest BCUT2D eigenvalue weighted by molar-refractivity contribution is 5.92. The topological polar surface area (TPSA) is 84.2 Å². The van der Waals surface area contributed by atoms with Crippen molar-refractivity contribution >= 4 is 22.7 Å². The summed E-state index contributed by atoms with van der Waals surface area (Å²) in [5, 5.41) is 8.06. The first kappa shape index (κ1) is 19.1. The second kappa shape index (κ2) is 8.10. The van der Waals surface area contributed by atoms with E-state index in [1.165, 1.54) is 12.1 Å². The highest BCUT2D eigenvalue weighted by Crippen LogP contribution is 2.32. The number of nitrogens with zero attached hydrogens (tertiary/aromatic N) is 4. The SMILES string of the molecule is O=C(CN1CCC(c2noc3cc(F)ccc23)CC1)Nc1ncnc2c1CCCC2. The molecule has 7 nitrogen and oxygen atoms in total. The van der Waals surface area contributed by atoms with Crippen molar-refractivity contribution in [2.75, 3.05) is 25.0 Å². The van der Waals surface area contributed by atoms with E-state index >= 15 is 0 Å². The number of aromatic nitrogens is 3. The van der Waals surface area contributed by atoms with Crippen LogP contribution in [0.2, 0.25) is 0 Å². The van der Waals surface area contributed by atoms with Crippen LogP contribution in [0.5, 0.6) is 0 Å². The second-order valence-corrected chi connectivity index (χ2v) is 8.16. The van der Waals surface area contributed by atoms with E-state index in [0.29, 0.717) is 17.9 Å². The molecule has 3 aromatic rings. The Balaban J connectivity index is 1.19. The van der Waals surface area contributed by atoms with Gasteiger partial charge in [-0.2, -0.15) is 0 Å². The molecular weight excluding hydrogens is 385 g/mol. The Labute approximate surface area is 173 Å². The van der Waals surface area contributed by atoms with Crippen molar-refractivity contribution in [2.24, 2.45) is 0 Å². The quantitative estimate of drug-likeness (QED) is 0.711. The number of likely N-dealkylation sites (tertiary alicyclic amines) is 1. The van der Waals surface area contributed by atoms with Gasteiger partial charge < -0.3 is 9.84 Å². The average molecular weight is 409 g/mol. The minimum Gasteiger partial charge on any atom is -0.356 e. The van der Waals surface area contributed by atoms with E-state index in [2.05, 4.69) is 25.3 Å². The fraction of sp³-hybridized carbons (Fsp3) is 0.455. The van der Waals surface area contributed by atoms with Crippen LogP contribution in [-0.2, 0) is 17.6 Å². The van der Waals surface area contributed by atoms with Gasteiger partial charge in [-0.05, 0) is 63.7 Å². The van der Waals surface area contributed by atoms with Gasteiger partial charge >= 0.3 is 0 Å². The molecule has 0 atom stereocenters. The molecule has 2 aliphatic rings. The van der Waals surface area contributed by atoms with Gasteiger partial charge in [-0.1, -0.05) is 5.16 Å². The van der Waals surface area contributed by atoms with Crippen LogP contribution in [0, 0.1) is 5.82 Å². The molecule has 0 bridgehead atoms. The summed E-state index contributed by atoms with van der Waals surface area (Å²) >= 11 is 0. The summed E-state index contributed by atoms with van der Waals surface area (Å²) in [6.07, 6.45) is 7.44.